The van der Waals surface area contributed by atoms with Crippen molar-refractivity contribution in [3.63, 3.8) is 0 Å². The van der Waals surface area contributed by atoms with Gasteiger partial charge in [0.15, 0.2) is 11.6 Å². The number of fused-ring (bicyclic) bond motifs is 2. The molecular formula is C30H26FN5O2. The molecule has 0 aliphatic rings. The number of hydrogen-bond donors (Lipinski definition) is 4. The van der Waals surface area contributed by atoms with E-state index in [9.17, 15) is 9.50 Å². The van der Waals surface area contributed by atoms with Crippen molar-refractivity contribution in [2.45, 2.75) is 19.4 Å². The van der Waals surface area contributed by atoms with Crippen LogP contribution in [-0.2, 0) is 6.42 Å². The Morgan fingerprint density at radius 2 is 1.89 bits per heavy atom. The zero-order valence-corrected chi connectivity index (χ0v) is 20.7. The number of rotatable bonds is 7. The fourth-order valence-electron chi connectivity index (χ4n) is 4.82. The molecule has 0 amide bonds. The van der Waals surface area contributed by atoms with Crippen LogP contribution in [0, 0.1) is 12.7 Å². The second-order valence-electron chi connectivity index (χ2n) is 9.42. The molecule has 0 saturated heterocycles. The molecule has 0 bridgehead atoms. The van der Waals surface area contributed by atoms with Crippen molar-refractivity contribution in [1.29, 1.82) is 0 Å². The highest BCUT2D eigenvalue weighted by atomic mass is 19.1. The number of aromatic hydroxyl groups is 1. The van der Waals surface area contributed by atoms with Gasteiger partial charge >= 0.3 is 0 Å². The number of halogens is 1. The molecular weight excluding hydrogens is 481 g/mol. The number of nitrogens with two attached hydrogens (primary N) is 1. The largest absolute Gasteiger partial charge is 0.504 e. The van der Waals surface area contributed by atoms with Crippen LogP contribution in [0.1, 0.15) is 11.3 Å². The lowest BCUT2D eigenvalue weighted by Crippen LogP contribution is -2.30. The van der Waals surface area contributed by atoms with Gasteiger partial charge in [0.2, 0.25) is 0 Å². The highest BCUT2D eigenvalue weighted by molar-refractivity contribution is 5.91. The molecule has 0 aliphatic heterocycles. The topological polar surface area (TPSA) is 113 Å². The number of benzene rings is 3. The highest BCUT2D eigenvalue weighted by Gasteiger charge is 2.18. The van der Waals surface area contributed by atoms with E-state index in [1.165, 1.54) is 6.07 Å². The number of nitrogens with one attached hydrogen (secondary N) is 2. The van der Waals surface area contributed by atoms with Crippen molar-refractivity contribution in [2.24, 2.45) is 5.73 Å². The van der Waals surface area contributed by atoms with Crippen molar-refractivity contribution in [3.05, 3.63) is 96.2 Å². The molecule has 3 aromatic heterocycles. The van der Waals surface area contributed by atoms with Gasteiger partial charge in [0.25, 0.3) is 0 Å². The van der Waals surface area contributed by atoms with Crippen LogP contribution in [-0.4, -0.2) is 37.9 Å². The third kappa shape index (κ3) is 4.35. The van der Waals surface area contributed by atoms with Crippen LogP contribution in [0.2, 0.25) is 0 Å². The van der Waals surface area contributed by atoms with Crippen LogP contribution >= 0.6 is 0 Å². The fourth-order valence-corrected chi connectivity index (χ4v) is 4.82. The van der Waals surface area contributed by atoms with Crippen molar-refractivity contribution in [2.75, 3.05) is 6.61 Å². The third-order valence-electron chi connectivity index (χ3n) is 6.78. The Kier molecular flexibility index (Phi) is 6.01. The predicted octanol–water partition coefficient (Wildman–Crippen LogP) is 5.88. The molecule has 6 rings (SSSR count). The maximum absolute atomic E-state index is 14.2. The number of nitrogens with zero attached hydrogens (tertiary/aromatic N) is 2. The van der Waals surface area contributed by atoms with Gasteiger partial charge < -0.3 is 20.6 Å². The average molecular weight is 508 g/mol. The van der Waals surface area contributed by atoms with Crippen molar-refractivity contribution in [1.82, 2.24) is 20.2 Å². The minimum Gasteiger partial charge on any atom is -0.504 e. The summed E-state index contributed by atoms with van der Waals surface area (Å²) in [5, 5.41) is 19.9. The van der Waals surface area contributed by atoms with Gasteiger partial charge in [-0.1, -0.05) is 30.3 Å². The van der Waals surface area contributed by atoms with Crippen LogP contribution in [0.3, 0.4) is 0 Å². The maximum Gasteiger partial charge on any atom is 0.165 e. The molecule has 1 atom stereocenters. The minimum absolute atomic E-state index is 0.241. The lowest BCUT2D eigenvalue weighted by atomic mass is 9.97. The molecule has 3 heterocycles. The summed E-state index contributed by atoms with van der Waals surface area (Å²) in [6, 6.07) is 20.0. The summed E-state index contributed by atoms with van der Waals surface area (Å²) in [4.78, 5) is 7.87. The number of phenols is 1. The molecule has 0 spiro atoms. The van der Waals surface area contributed by atoms with E-state index in [0.717, 1.165) is 38.6 Å². The summed E-state index contributed by atoms with van der Waals surface area (Å²) >= 11 is 0. The predicted molar refractivity (Wildman–Crippen MR) is 147 cm³/mol. The van der Waals surface area contributed by atoms with Crippen LogP contribution in [0.4, 0.5) is 4.39 Å². The molecule has 5 N–H and O–H groups in total. The zero-order valence-electron chi connectivity index (χ0n) is 20.7. The van der Waals surface area contributed by atoms with Crippen molar-refractivity contribution >= 4 is 21.8 Å². The number of aromatic nitrogens is 4. The Hall–Kier alpha value is -4.69. The highest BCUT2D eigenvalue weighted by Crippen LogP contribution is 2.39. The first-order chi connectivity index (χ1) is 18.5. The van der Waals surface area contributed by atoms with E-state index in [-0.39, 0.29) is 12.6 Å². The van der Waals surface area contributed by atoms with E-state index in [2.05, 4.69) is 26.2 Å². The number of aryl methyl sites for hydroxylation is 1. The first kappa shape index (κ1) is 23.7. The lowest BCUT2D eigenvalue weighted by molar-refractivity contribution is 0.287. The number of hydrogen-bond acceptors (Lipinski definition) is 5. The number of aromatic amines is 2. The Labute approximate surface area is 218 Å². The summed E-state index contributed by atoms with van der Waals surface area (Å²) < 4.78 is 20.3. The molecule has 190 valence electrons. The molecule has 7 nitrogen and oxygen atoms in total. The Morgan fingerprint density at radius 1 is 1.03 bits per heavy atom. The van der Waals surface area contributed by atoms with Crippen LogP contribution in [0.5, 0.6) is 11.5 Å². The molecule has 0 fully saturated rings. The number of pyridine rings is 1. The van der Waals surface area contributed by atoms with Gasteiger partial charge in [-0.2, -0.15) is 5.10 Å². The average Bonchev–Trinajstić information content (AvgIpc) is 3.52. The molecule has 0 radical (unpaired) electrons. The molecule has 38 heavy (non-hydrogen) atoms. The van der Waals surface area contributed by atoms with Gasteiger partial charge in [0.05, 0.1) is 17.4 Å². The number of para-hydroxylation sites is 2. The second-order valence-corrected chi connectivity index (χ2v) is 9.42. The van der Waals surface area contributed by atoms with E-state index < -0.39 is 11.6 Å². The number of ether oxygens (including phenoxy) is 1. The van der Waals surface area contributed by atoms with Gasteiger partial charge in [-0.3, -0.25) is 10.1 Å². The van der Waals surface area contributed by atoms with Gasteiger partial charge in [-0.15, -0.1) is 0 Å². The Balaban J connectivity index is 1.32. The lowest BCUT2D eigenvalue weighted by Gasteiger charge is -2.16. The summed E-state index contributed by atoms with van der Waals surface area (Å²) in [6.07, 6.45) is 4.21. The second kappa shape index (κ2) is 9.64. The van der Waals surface area contributed by atoms with E-state index in [1.807, 2.05) is 55.6 Å². The molecule has 3 aromatic carbocycles. The standard InChI is InChI=1S/C30H26FN5O2/c1-17-24-12-18(9-10-28(24)36-35-17)25-13-21(15-34-29(25)23-6-4-7-26(31)30(23)37)38-16-20(32)11-19-14-33-27-8-3-2-5-22(19)27/h2-10,12-15,20,33,37H,11,16,32H2,1H3,(H,35,36)/t20-/m0/s1. The molecule has 0 saturated carbocycles. The number of phenolic OH excluding ortho intramolecular Hbond substituents is 1. The molecule has 0 unspecified atom stereocenters. The van der Waals surface area contributed by atoms with E-state index in [1.54, 1.807) is 18.3 Å². The van der Waals surface area contributed by atoms with E-state index in [0.29, 0.717) is 29.0 Å². The van der Waals surface area contributed by atoms with Gasteiger partial charge in [0.1, 0.15) is 12.4 Å². The summed E-state index contributed by atoms with van der Waals surface area (Å²) in [7, 11) is 0. The first-order valence-corrected chi connectivity index (χ1v) is 12.3. The third-order valence-corrected chi connectivity index (χ3v) is 6.78. The smallest absolute Gasteiger partial charge is 0.165 e. The SMILES string of the molecule is Cc1[nH]nc2ccc(-c3cc(OC[C@@H](N)Cc4c[nH]c5ccccc45)cnc3-c3cccc(F)c3O)cc12. The van der Waals surface area contributed by atoms with Crippen LogP contribution in [0.15, 0.2) is 79.1 Å². The van der Waals surface area contributed by atoms with Gasteiger partial charge in [0, 0.05) is 45.3 Å². The van der Waals surface area contributed by atoms with Crippen LogP contribution < -0.4 is 10.5 Å². The van der Waals surface area contributed by atoms with Crippen molar-refractivity contribution < 1.29 is 14.2 Å². The summed E-state index contributed by atoms with van der Waals surface area (Å²) in [5.41, 5.74) is 12.7. The quantitative estimate of drug-likeness (QED) is 0.216. The molecule has 6 aromatic rings. The van der Waals surface area contributed by atoms with Crippen molar-refractivity contribution in [3.8, 4) is 33.9 Å². The summed E-state index contributed by atoms with van der Waals surface area (Å²) in [5.74, 6) is -0.630. The Bertz CT molecular complexity index is 1770. The fraction of sp³-hybridized carbons (Fsp3) is 0.133. The van der Waals surface area contributed by atoms with Crippen LogP contribution in [0.25, 0.3) is 44.2 Å². The van der Waals surface area contributed by atoms with Gasteiger partial charge in [-0.25, -0.2) is 4.39 Å². The van der Waals surface area contributed by atoms with Gasteiger partial charge in [-0.05, 0) is 60.9 Å². The molecule has 8 heteroatoms. The normalized spacial score (nSPS) is 12.3. The number of H-pyrrole nitrogens is 2. The summed E-state index contributed by atoms with van der Waals surface area (Å²) in [6.45, 7) is 2.23. The zero-order chi connectivity index (χ0) is 26.2. The minimum atomic E-state index is -0.708. The Morgan fingerprint density at radius 3 is 2.79 bits per heavy atom. The van der Waals surface area contributed by atoms with E-state index >= 15 is 0 Å². The maximum atomic E-state index is 14.2. The molecule has 0 aliphatic carbocycles. The first-order valence-electron chi connectivity index (χ1n) is 12.3. The van der Waals surface area contributed by atoms with E-state index in [4.69, 9.17) is 10.5 Å². The monoisotopic (exact) mass is 507 g/mol.